The summed E-state index contributed by atoms with van der Waals surface area (Å²) in [6, 6.07) is 30.4. The Hall–Kier alpha value is -4.85. The Morgan fingerprint density at radius 3 is 1.16 bits per heavy atom. The van der Waals surface area contributed by atoms with Gasteiger partial charge in [0, 0.05) is 28.8 Å². The summed E-state index contributed by atoms with van der Waals surface area (Å²) >= 11 is 0. The number of nitrogens with zero attached hydrogens (tertiary/aromatic N) is 1. The second-order valence-corrected chi connectivity index (χ2v) is 16.8. The predicted octanol–water partition coefficient (Wildman–Crippen LogP) is 16.3. The van der Waals surface area contributed by atoms with Gasteiger partial charge < -0.3 is 18.9 Å². The number of rotatable bonds is 34. The monoisotopic (exact) mass is 850 g/mol. The van der Waals surface area contributed by atoms with Crippen molar-refractivity contribution in [3.8, 4) is 17.2 Å². The van der Waals surface area contributed by atoms with Crippen molar-refractivity contribution in [2.45, 2.75) is 174 Å². The standard InChI is InChI=1S/C54H75NO7/c1-3-5-7-9-11-13-15-17-19-21-23-28-44-59-50-38-32-47(33-39-50)54(46-30-26-25-27-31-46,62-53(56)61-52-42-36-49(37-43-52)55(57)58)48-34-40-51(41-35-48)60-45-29-24-22-20-18-16-14-12-10-8-6-4-2/h25-27,30-43H,3-24,28-29,44-45H2,1-2H3. The lowest BCUT2D eigenvalue weighted by Crippen LogP contribution is -2.36. The molecule has 0 radical (unpaired) electrons. The molecule has 0 atom stereocenters. The summed E-state index contributed by atoms with van der Waals surface area (Å²) in [6.07, 6.45) is 30.0. The Labute approximate surface area is 373 Å². The van der Waals surface area contributed by atoms with Crippen molar-refractivity contribution in [3.05, 3.63) is 130 Å². The first kappa shape index (κ1) is 49.8. The van der Waals surface area contributed by atoms with Crippen molar-refractivity contribution in [2.24, 2.45) is 0 Å². The Morgan fingerprint density at radius 1 is 0.452 bits per heavy atom. The molecule has 0 aliphatic carbocycles. The molecular formula is C54H75NO7. The largest absolute Gasteiger partial charge is 0.515 e. The third-order valence-electron chi connectivity index (χ3n) is 11.7. The SMILES string of the molecule is CCCCCCCCCCCCCCOc1ccc(C(OC(=O)Oc2ccc([N+](=O)[O-])cc2)(c2ccccc2)c2ccc(OCCCCCCCCCCCCCC)cc2)cc1. The van der Waals surface area contributed by atoms with Gasteiger partial charge in [-0.25, -0.2) is 4.79 Å². The highest BCUT2D eigenvalue weighted by atomic mass is 16.7. The van der Waals surface area contributed by atoms with Crippen LogP contribution in [0.2, 0.25) is 0 Å². The van der Waals surface area contributed by atoms with E-state index in [9.17, 15) is 14.9 Å². The minimum Gasteiger partial charge on any atom is -0.494 e. The molecule has 0 bridgehead atoms. The van der Waals surface area contributed by atoms with E-state index in [0.717, 1.165) is 42.7 Å². The van der Waals surface area contributed by atoms with Crippen LogP contribution in [0.5, 0.6) is 17.2 Å². The highest BCUT2D eigenvalue weighted by Gasteiger charge is 2.41. The number of non-ortho nitro benzene ring substituents is 1. The van der Waals surface area contributed by atoms with E-state index in [1.165, 1.54) is 153 Å². The number of benzene rings is 4. The lowest BCUT2D eigenvalue weighted by molar-refractivity contribution is -0.384. The van der Waals surface area contributed by atoms with E-state index in [2.05, 4.69) is 13.8 Å². The Morgan fingerprint density at radius 2 is 0.790 bits per heavy atom. The Kier molecular flexibility index (Phi) is 24.3. The van der Waals surface area contributed by atoms with Gasteiger partial charge in [0.25, 0.3) is 5.69 Å². The number of carbonyl (C=O) groups excluding carboxylic acids is 1. The number of carbonyl (C=O) groups is 1. The molecule has 0 unspecified atom stereocenters. The molecule has 0 N–H and O–H groups in total. The van der Waals surface area contributed by atoms with Crippen LogP contribution in [0.3, 0.4) is 0 Å². The van der Waals surface area contributed by atoms with Gasteiger partial charge >= 0.3 is 6.16 Å². The topological polar surface area (TPSA) is 97.1 Å². The summed E-state index contributed by atoms with van der Waals surface area (Å²) in [5.74, 6) is 1.62. The molecule has 0 saturated heterocycles. The van der Waals surface area contributed by atoms with Crippen LogP contribution in [-0.4, -0.2) is 24.3 Å². The van der Waals surface area contributed by atoms with Gasteiger partial charge in [0.15, 0.2) is 5.60 Å². The number of unbranched alkanes of at least 4 members (excludes halogenated alkanes) is 22. The third kappa shape index (κ3) is 18.2. The average Bonchev–Trinajstić information content (AvgIpc) is 3.29. The molecule has 0 fully saturated rings. The molecule has 8 heteroatoms. The smallest absolute Gasteiger partial charge is 0.494 e. The molecule has 0 aliphatic heterocycles. The number of ether oxygens (including phenoxy) is 4. The van der Waals surface area contributed by atoms with Crippen LogP contribution in [0, 0.1) is 10.1 Å². The fourth-order valence-corrected chi connectivity index (χ4v) is 8.07. The molecule has 8 nitrogen and oxygen atoms in total. The summed E-state index contributed by atoms with van der Waals surface area (Å²) in [6.45, 7) is 5.81. The van der Waals surface area contributed by atoms with Crippen LogP contribution in [0.15, 0.2) is 103 Å². The van der Waals surface area contributed by atoms with Gasteiger partial charge in [0.2, 0.25) is 0 Å². The summed E-state index contributed by atoms with van der Waals surface area (Å²) in [4.78, 5) is 24.5. The molecule has 0 spiro atoms. The second kappa shape index (κ2) is 30.2. The van der Waals surface area contributed by atoms with Crippen molar-refractivity contribution in [3.63, 3.8) is 0 Å². The van der Waals surface area contributed by atoms with E-state index >= 15 is 0 Å². The molecule has 0 heterocycles. The maximum Gasteiger partial charge on any atom is 0.515 e. The van der Waals surface area contributed by atoms with Crippen LogP contribution >= 0.6 is 0 Å². The fourth-order valence-electron chi connectivity index (χ4n) is 8.07. The van der Waals surface area contributed by atoms with E-state index in [1.54, 1.807) is 0 Å². The van der Waals surface area contributed by atoms with E-state index in [0.29, 0.717) is 24.3 Å². The van der Waals surface area contributed by atoms with Crippen LogP contribution in [0.1, 0.15) is 185 Å². The minimum absolute atomic E-state index is 0.105. The molecular weight excluding hydrogens is 775 g/mol. The lowest BCUT2D eigenvalue weighted by atomic mass is 9.80. The second-order valence-electron chi connectivity index (χ2n) is 16.8. The number of nitro benzene ring substituents is 1. The number of hydrogen-bond acceptors (Lipinski definition) is 7. The van der Waals surface area contributed by atoms with Crippen LogP contribution in [0.25, 0.3) is 0 Å². The van der Waals surface area contributed by atoms with Crippen molar-refractivity contribution < 1.29 is 28.7 Å². The summed E-state index contributed by atoms with van der Waals surface area (Å²) in [5.41, 5.74) is 0.600. The Balaban J connectivity index is 1.38. The van der Waals surface area contributed by atoms with E-state index < -0.39 is 16.7 Å². The van der Waals surface area contributed by atoms with E-state index in [4.69, 9.17) is 18.9 Å². The summed E-state index contributed by atoms with van der Waals surface area (Å²) < 4.78 is 24.5. The quantitative estimate of drug-likeness (QED) is 0.0115. The predicted molar refractivity (Wildman–Crippen MR) is 253 cm³/mol. The first-order valence-electron chi connectivity index (χ1n) is 24.1. The van der Waals surface area contributed by atoms with Crippen LogP contribution in [0.4, 0.5) is 10.5 Å². The third-order valence-corrected chi connectivity index (χ3v) is 11.7. The molecule has 4 aromatic carbocycles. The van der Waals surface area contributed by atoms with E-state index in [1.807, 2.05) is 78.9 Å². The van der Waals surface area contributed by atoms with Gasteiger partial charge in [-0.2, -0.15) is 0 Å². The molecule has 4 aromatic rings. The van der Waals surface area contributed by atoms with Gasteiger partial charge in [-0.3, -0.25) is 10.1 Å². The molecule has 0 aliphatic rings. The average molecular weight is 850 g/mol. The van der Waals surface area contributed by atoms with E-state index in [-0.39, 0.29) is 11.4 Å². The molecule has 0 aromatic heterocycles. The van der Waals surface area contributed by atoms with Crippen molar-refractivity contribution in [1.82, 2.24) is 0 Å². The minimum atomic E-state index is -1.42. The molecule has 0 amide bonds. The van der Waals surface area contributed by atoms with Crippen LogP contribution in [-0.2, 0) is 10.3 Å². The molecule has 62 heavy (non-hydrogen) atoms. The van der Waals surface area contributed by atoms with Gasteiger partial charge in [0.1, 0.15) is 17.2 Å². The first-order valence-corrected chi connectivity index (χ1v) is 24.1. The number of hydrogen-bond donors (Lipinski definition) is 0. The fraction of sp³-hybridized carbons (Fsp3) is 0.537. The molecule has 0 saturated carbocycles. The van der Waals surface area contributed by atoms with Gasteiger partial charge in [-0.15, -0.1) is 0 Å². The zero-order valence-corrected chi connectivity index (χ0v) is 38.0. The van der Waals surface area contributed by atoms with Crippen molar-refractivity contribution >= 4 is 11.8 Å². The Bertz CT molecular complexity index is 1690. The zero-order chi connectivity index (χ0) is 43.9. The normalized spacial score (nSPS) is 11.3. The van der Waals surface area contributed by atoms with Crippen molar-refractivity contribution in [1.29, 1.82) is 0 Å². The summed E-state index contributed by atoms with van der Waals surface area (Å²) in [7, 11) is 0. The maximum absolute atomic E-state index is 13.8. The zero-order valence-electron chi connectivity index (χ0n) is 38.0. The highest BCUT2D eigenvalue weighted by molar-refractivity contribution is 5.67. The first-order chi connectivity index (χ1) is 30.5. The molecule has 338 valence electrons. The van der Waals surface area contributed by atoms with Gasteiger partial charge in [-0.1, -0.05) is 210 Å². The summed E-state index contributed by atoms with van der Waals surface area (Å²) in [5, 5.41) is 11.2. The highest BCUT2D eigenvalue weighted by Crippen LogP contribution is 2.42. The maximum atomic E-state index is 13.8. The van der Waals surface area contributed by atoms with Crippen LogP contribution < -0.4 is 14.2 Å². The number of nitro groups is 1. The molecule has 4 rings (SSSR count). The van der Waals surface area contributed by atoms with Gasteiger partial charge in [0.05, 0.1) is 18.1 Å². The van der Waals surface area contributed by atoms with Gasteiger partial charge in [-0.05, 0) is 49.2 Å². The lowest BCUT2D eigenvalue weighted by Gasteiger charge is -2.34. The van der Waals surface area contributed by atoms with Crippen molar-refractivity contribution in [2.75, 3.05) is 13.2 Å².